The number of hydrogen-bond donors (Lipinski definition) is 0. The molecule has 1 aliphatic rings. The highest BCUT2D eigenvalue weighted by Crippen LogP contribution is 2.43. The van der Waals surface area contributed by atoms with E-state index in [1.165, 1.54) is 4.90 Å². The second-order valence-corrected chi connectivity index (χ2v) is 7.04. The molecule has 2 aromatic carbocycles. The molecule has 0 bridgehead atoms. The van der Waals surface area contributed by atoms with E-state index >= 15 is 0 Å². The van der Waals surface area contributed by atoms with Crippen molar-refractivity contribution in [2.75, 3.05) is 13.1 Å². The van der Waals surface area contributed by atoms with Crippen molar-refractivity contribution in [3.05, 3.63) is 71.8 Å². The van der Waals surface area contributed by atoms with Crippen LogP contribution in [0.3, 0.4) is 0 Å². The Morgan fingerprint density at radius 2 is 1.22 bits per heavy atom. The van der Waals surface area contributed by atoms with Crippen molar-refractivity contribution >= 4 is 11.9 Å². The molecule has 0 aromatic heterocycles. The average molecular weight is 364 g/mol. The van der Waals surface area contributed by atoms with E-state index in [1.807, 2.05) is 60.7 Å². The zero-order chi connectivity index (χ0) is 19.3. The first kappa shape index (κ1) is 19.2. The third-order valence-electron chi connectivity index (χ3n) is 5.28. The lowest BCUT2D eigenvalue weighted by molar-refractivity contribution is -0.132. The van der Waals surface area contributed by atoms with Gasteiger partial charge in [-0.25, -0.2) is 4.79 Å². The van der Waals surface area contributed by atoms with Gasteiger partial charge in [0.15, 0.2) is 5.54 Å². The number of imide groups is 1. The molecule has 4 nitrogen and oxygen atoms in total. The summed E-state index contributed by atoms with van der Waals surface area (Å²) in [6.07, 6.45) is 3.59. The molecule has 1 fully saturated rings. The van der Waals surface area contributed by atoms with Crippen LogP contribution in [0.5, 0.6) is 0 Å². The Hall–Kier alpha value is -2.62. The third-order valence-corrected chi connectivity index (χ3v) is 5.28. The zero-order valence-electron chi connectivity index (χ0n) is 16.2. The lowest BCUT2D eigenvalue weighted by Gasteiger charge is -2.36. The molecule has 1 aliphatic heterocycles. The van der Waals surface area contributed by atoms with Crippen molar-refractivity contribution < 1.29 is 9.59 Å². The van der Waals surface area contributed by atoms with E-state index in [4.69, 9.17) is 0 Å². The molecule has 3 rings (SSSR count). The number of unbranched alkanes of at least 4 members (excludes halogenated alkanes) is 2. The topological polar surface area (TPSA) is 40.6 Å². The van der Waals surface area contributed by atoms with Crippen molar-refractivity contribution in [2.24, 2.45) is 0 Å². The number of urea groups is 1. The second kappa shape index (κ2) is 8.38. The largest absolute Gasteiger partial charge is 0.328 e. The van der Waals surface area contributed by atoms with E-state index in [1.54, 1.807) is 4.90 Å². The summed E-state index contributed by atoms with van der Waals surface area (Å²) in [6.45, 7) is 5.21. The summed E-state index contributed by atoms with van der Waals surface area (Å²) in [4.78, 5) is 30.4. The van der Waals surface area contributed by atoms with Crippen LogP contribution in [0.1, 0.15) is 50.7 Å². The Balaban J connectivity index is 2.21. The van der Waals surface area contributed by atoms with Gasteiger partial charge in [-0.3, -0.25) is 9.69 Å². The molecule has 0 radical (unpaired) electrons. The number of carbonyl (C=O) groups is 2. The minimum atomic E-state index is -1.08. The maximum Gasteiger partial charge on any atom is 0.328 e. The van der Waals surface area contributed by atoms with Crippen LogP contribution < -0.4 is 0 Å². The van der Waals surface area contributed by atoms with Gasteiger partial charge in [0.05, 0.1) is 0 Å². The van der Waals surface area contributed by atoms with Crippen molar-refractivity contribution in [3.63, 3.8) is 0 Å². The highest BCUT2D eigenvalue weighted by atomic mass is 16.2. The van der Waals surface area contributed by atoms with Crippen LogP contribution in [0.15, 0.2) is 60.7 Å². The minimum Gasteiger partial charge on any atom is -0.302 e. The van der Waals surface area contributed by atoms with Gasteiger partial charge < -0.3 is 4.90 Å². The first-order valence-electron chi connectivity index (χ1n) is 9.92. The monoisotopic (exact) mass is 364 g/mol. The van der Waals surface area contributed by atoms with Gasteiger partial charge in [0, 0.05) is 13.1 Å². The number of hydrogen-bond acceptors (Lipinski definition) is 2. The molecule has 0 saturated carbocycles. The maximum atomic E-state index is 13.8. The minimum absolute atomic E-state index is 0.130. The molecule has 0 N–H and O–H groups in total. The predicted molar refractivity (Wildman–Crippen MR) is 107 cm³/mol. The first-order chi connectivity index (χ1) is 13.2. The molecule has 27 heavy (non-hydrogen) atoms. The van der Waals surface area contributed by atoms with Crippen LogP contribution in [0.25, 0.3) is 0 Å². The number of rotatable bonds is 8. The molecular weight excluding hydrogens is 336 g/mol. The van der Waals surface area contributed by atoms with Gasteiger partial charge in [0.2, 0.25) is 0 Å². The molecule has 2 aromatic rings. The standard InChI is InChI=1S/C23H28N2O2/c1-3-5-17-24-21(26)23(19-13-9-7-10-14-19,20-15-11-8-12-16-20)25(22(24)27)18-6-4-2/h7-16H,3-6,17-18H2,1-2H3. The highest BCUT2D eigenvalue weighted by Gasteiger charge is 2.58. The Labute approximate surface area is 161 Å². The molecule has 142 valence electrons. The Kier molecular flexibility index (Phi) is 5.94. The molecular formula is C23H28N2O2. The number of amides is 3. The summed E-state index contributed by atoms with van der Waals surface area (Å²) in [7, 11) is 0. The van der Waals surface area contributed by atoms with E-state index in [2.05, 4.69) is 13.8 Å². The molecule has 4 heteroatoms. The quantitative estimate of drug-likeness (QED) is 0.632. The van der Waals surface area contributed by atoms with Gasteiger partial charge >= 0.3 is 6.03 Å². The lowest BCUT2D eigenvalue weighted by atomic mass is 9.81. The molecule has 0 unspecified atom stereocenters. The summed E-state index contributed by atoms with van der Waals surface area (Å²) >= 11 is 0. The lowest BCUT2D eigenvalue weighted by Crippen LogP contribution is -2.48. The van der Waals surface area contributed by atoms with E-state index in [0.717, 1.165) is 36.8 Å². The molecule has 0 spiro atoms. The number of benzene rings is 2. The summed E-state index contributed by atoms with van der Waals surface area (Å²) in [5.41, 5.74) is 0.622. The fourth-order valence-electron chi connectivity index (χ4n) is 3.86. The van der Waals surface area contributed by atoms with Gasteiger partial charge in [-0.2, -0.15) is 0 Å². The smallest absolute Gasteiger partial charge is 0.302 e. The number of nitrogens with zero attached hydrogens (tertiary/aromatic N) is 2. The molecule has 0 atom stereocenters. The predicted octanol–water partition coefficient (Wildman–Crippen LogP) is 4.79. The van der Waals surface area contributed by atoms with Crippen LogP contribution in [-0.4, -0.2) is 34.8 Å². The summed E-state index contributed by atoms with van der Waals surface area (Å²) < 4.78 is 0. The van der Waals surface area contributed by atoms with Crippen molar-refractivity contribution in [3.8, 4) is 0 Å². The van der Waals surface area contributed by atoms with E-state index in [9.17, 15) is 9.59 Å². The zero-order valence-corrected chi connectivity index (χ0v) is 16.2. The molecule has 1 saturated heterocycles. The van der Waals surface area contributed by atoms with Crippen molar-refractivity contribution in [2.45, 2.75) is 45.1 Å². The molecule has 3 amide bonds. The van der Waals surface area contributed by atoms with Gasteiger partial charge in [-0.15, -0.1) is 0 Å². The fraction of sp³-hybridized carbons (Fsp3) is 0.391. The summed E-state index contributed by atoms with van der Waals surface area (Å²) in [6, 6.07) is 19.3. The van der Waals surface area contributed by atoms with Crippen LogP contribution in [0.2, 0.25) is 0 Å². The normalized spacial score (nSPS) is 16.2. The third kappa shape index (κ3) is 3.25. The van der Waals surface area contributed by atoms with Crippen LogP contribution in [0, 0.1) is 0 Å². The second-order valence-electron chi connectivity index (χ2n) is 7.04. The first-order valence-corrected chi connectivity index (χ1v) is 9.92. The van der Waals surface area contributed by atoms with Gasteiger partial charge in [-0.05, 0) is 24.0 Å². The van der Waals surface area contributed by atoms with Gasteiger partial charge in [0.25, 0.3) is 5.91 Å². The van der Waals surface area contributed by atoms with Gasteiger partial charge in [-0.1, -0.05) is 87.4 Å². The van der Waals surface area contributed by atoms with E-state index in [-0.39, 0.29) is 11.9 Å². The SMILES string of the molecule is CCCCN1C(=O)N(CCCC)C(c2ccccc2)(c2ccccc2)C1=O. The van der Waals surface area contributed by atoms with Crippen molar-refractivity contribution in [1.82, 2.24) is 9.80 Å². The van der Waals surface area contributed by atoms with Gasteiger partial charge in [0.1, 0.15) is 0 Å². The summed E-state index contributed by atoms with van der Waals surface area (Å²) in [5, 5.41) is 0. The Morgan fingerprint density at radius 3 is 1.70 bits per heavy atom. The Morgan fingerprint density at radius 1 is 0.741 bits per heavy atom. The van der Waals surface area contributed by atoms with Crippen LogP contribution in [0.4, 0.5) is 4.79 Å². The maximum absolute atomic E-state index is 13.8. The van der Waals surface area contributed by atoms with Crippen molar-refractivity contribution in [1.29, 1.82) is 0 Å². The average Bonchev–Trinajstić information content (AvgIpc) is 2.93. The van der Waals surface area contributed by atoms with Crippen LogP contribution in [-0.2, 0) is 10.3 Å². The highest BCUT2D eigenvalue weighted by molar-refractivity contribution is 6.09. The summed E-state index contributed by atoms with van der Waals surface area (Å²) in [5.74, 6) is -0.130. The molecule has 0 aliphatic carbocycles. The number of carbonyl (C=O) groups excluding carboxylic acids is 2. The molecule has 1 heterocycles. The van der Waals surface area contributed by atoms with Crippen LogP contribution >= 0.6 is 0 Å². The Bertz CT molecular complexity index is 734. The van der Waals surface area contributed by atoms with E-state index < -0.39 is 5.54 Å². The fourth-order valence-corrected chi connectivity index (χ4v) is 3.86. The van der Waals surface area contributed by atoms with E-state index in [0.29, 0.717) is 13.1 Å².